The first-order chi connectivity index (χ1) is 11.5. The molecule has 0 saturated heterocycles. The molecule has 8 heteroatoms. The van der Waals surface area contributed by atoms with Crippen LogP contribution in [0.15, 0.2) is 47.2 Å². The summed E-state index contributed by atoms with van der Waals surface area (Å²) in [6.07, 6.45) is 3.49. The first-order valence-corrected chi connectivity index (χ1v) is 8.44. The third kappa shape index (κ3) is 4.04. The van der Waals surface area contributed by atoms with Gasteiger partial charge in [-0.05, 0) is 46.6 Å². The Morgan fingerprint density at radius 3 is 2.71 bits per heavy atom. The zero-order valence-electron chi connectivity index (χ0n) is 12.9. The molecular weight excluding hydrogens is 394 g/mol. The van der Waals surface area contributed by atoms with Crippen molar-refractivity contribution in [2.75, 3.05) is 5.32 Å². The average Bonchev–Trinajstić information content (AvgIpc) is 3.08. The monoisotopic (exact) mass is 407 g/mol. The van der Waals surface area contributed by atoms with Crippen molar-refractivity contribution < 1.29 is 4.79 Å². The highest BCUT2D eigenvalue weighted by atomic mass is 79.9. The lowest BCUT2D eigenvalue weighted by Crippen LogP contribution is -2.20. The first-order valence-electron chi connectivity index (χ1n) is 7.27. The lowest BCUT2D eigenvalue weighted by atomic mass is 10.2. The van der Waals surface area contributed by atoms with Crippen LogP contribution in [0, 0.1) is 6.92 Å². The van der Waals surface area contributed by atoms with Crippen LogP contribution < -0.4 is 5.32 Å². The molecule has 24 heavy (non-hydrogen) atoms. The maximum Gasteiger partial charge on any atom is 0.247 e. The minimum absolute atomic E-state index is 0.148. The molecule has 0 atom stereocenters. The summed E-state index contributed by atoms with van der Waals surface area (Å²) >= 11 is 9.31. The van der Waals surface area contributed by atoms with E-state index in [4.69, 9.17) is 11.6 Å². The highest BCUT2D eigenvalue weighted by Crippen LogP contribution is 2.21. The highest BCUT2D eigenvalue weighted by molar-refractivity contribution is 9.10. The van der Waals surface area contributed by atoms with Gasteiger partial charge in [0.15, 0.2) is 5.82 Å². The van der Waals surface area contributed by atoms with Gasteiger partial charge >= 0.3 is 0 Å². The van der Waals surface area contributed by atoms with Gasteiger partial charge in [0.1, 0.15) is 6.54 Å². The topological polar surface area (TPSA) is 64.7 Å². The molecule has 3 rings (SSSR count). The molecule has 0 radical (unpaired) electrons. The molecule has 0 fully saturated rings. The molecule has 0 unspecified atom stereocenters. The maximum atomic E-state index is 12.1. The van der Waals surface area contributed by atoms with Gasteiger partial charge in [-0.3, -0.25) is 14.2 Å². The first kappa shape index (κ1) is 16.7. The molecule has 1 N–H and O–H groups in total. The van der Waals surface area contributed by atoms with Gasteiger partial charge in [0, 0.05) is 23.1 Å². The molecule has 0 aliphatic carbocycles. The Balaban J connectivity index is 1.66. The molecule has 0 saturated carbocycles. The van der Waals surface area contributed by atoms with Crippen molar-refractivity contribution in [2.45, 2.75) is 20.0 Å². The number of halogens is 2. The van der Waals surface area contributed by atoms with Crippen molar-refractivity contribution in [1.82, 2.24) is 19.6 Å². The third-order valence-electron chi connectivity index (χ3n) is 3.45. The number of anilines is 1. The van der Waals surface area contributed by atoms with Gasteiger partial charge in [0.05, 0.1) is 11.0 Å². The van der Waals surface area contributed by atoms with Gasteiger partial charge in [-0.1, -0.05) is 23.7 Å². The predicted molar refractivity (Wildman–Crippen MR) is 96.1 cm³/mol. The van der Waals surface area contributed by atoms with Gasteiger partial charge in [0.25, 0.3) is 0 Å². The Morgan fingerprint density at radius 2 is 2.04 bits per heavy atom. The van der Waals surface area contributed by atoms with Crippen molar-refractivity contribution in [2.24, 2.45) is 0 Å². The number of hydrogen-bond acceptors (Lipinski definition) is 3. The molecule has 1 aromatic carbocycles. The van der Waals surface area contributed by atoms with Crippen LogP contribution in [0.2, 0.25) is 5.02 Å². The summed E-state index contributed by atoms with van der Waals surface area (Å²) in [6.45, 7) is 2.64. The number of rotatable bonds is 5. The van der Waals surface area contributed by atoms with Crippen molar-refractivity contribution in [3.8, 4) is 0 Å². The number of carbonyl (C=O) groups is 1. The van der Waals surface area contributed by atoms with E-state index >= 15 is 0 Å². The van der Waals surface area contributed by atoms with Crippen molar-refractivity contribution in [1.29, 1.82) is 0 Å². The van der Waals surface area contributed by atoms with Crippen molar-refractivity contribution in [3.05, 3.63) is 63.5 Å². The molecule has 3 aromatic rings. The van der Waals surface area contributed by atoms with Crippen LogP contribution in [-0.4, -0.2) is 25.5 Å². The number of nitrogens with one attached hydrogen (secondary N) is 1. The average molecular weight is 409 g/mol. The Labute approximate surface area is 152 Å². The summed E-state index contributed by atoms with van der Waals surface area (Å²) in [6, 6.07) is 9.41. The molecule has 1 amide bonds. The van der Waals surface area contributed by atoms with Crippen LogP contribution in [0.5, 0.6) is 0 Å². The lowest BCUT2D eigenvalue weighted by molar-refractivity contribution is -0.117. The van der Waals surface area contributed by atoms with E-state index in [1.165, 1.54) is 0 Å². The minimum atomic E-state index is -0.181. The van der Waals surface area contributed by atoms with Crippen molar-refractivity contribution >= 4 is 39.3 Å². The predicted octanol–water partition coefficient (Wildman–Crippen LogP) is 3.49. The molecule has 0 aliphatic heterocycles. The van der Waals surface area contributed by atoms with Gasteiger partial charge in [-0.2, -0.15) is 10.2 Å². The fraction of sp³-hybridized carbons (Fsp3) is 0.188. The number of hydrogen-bond donors (Lipinski definition) is 1. The normalized spacial score (nSPS) is 10.8. The molecule has 2 aromatic heterocycles. The molecule has 0 spiro atoms. The molecule has 6 nitrogen and oxygen atoms in total. The SMILES string of the molecule is Cc1ccnn1CC(=O)Nc1nn(Cc2ccc(Cl)cc2)cc1Br. The molecule has 0 bridgehead atoms. The van der Waals surface area contributed by atoms with E-state index in [1.54, 1.807) is 15.6 Å². The molecule has 0 aliphatic rings. The number of aryl methyl sites for hydroxylation is 1. The number of aromatic nitrogens is 4. The van der Waals surface area contributed by atoms with Crippen LogP contribution in [0.25, 0.3) is 0 Å². The Kier molecular flexibility index (Phi) is 5.01. The van der Waals surface area contributed by atoms with E-state index in [2.05, 4.69) is 31.4 Å². The summed E-state index contributed by atoms with van der Waals surface area (Å²) < 4.78 is 4.11. The van der Waals surface area contributed by atoms with Crippen molar-refractivity contribution in [3.63, 3.8) is 0 Å². The second-order valence-electron chi connectivity index (χ2n) is 5.33. The number of nitrogens with zero attached hydrogens (tertiary/aromatic N) is 4. The standard InChI is InChI=1S/C16H15BrClN5O/c1-11-6-7-19-23(11)10-15(24)20-16-14(17)9-22(21-16)8-12-2-4-13(18)5-3-12/h2-7,9H,8,10H2,1H3,(H,20,21,24). The van der Waals surface area contributed by atoms with Crippen LogP contribution in [-0.2, 0) is 17.9 Å². The number of amides is 1. The summed E-state index contributed by atoms with van der Waals surface area (Å²) in [5.74, 6) is 0.304. The van der Waals surface area contributed by atoms with Crippen LogP contribution in [0.4, 0.5) is 5.82 Å². The zero-order valence-corrected chi connectivity index (χ0v) is 15.3. The third-order valence-corrected chi connectivity index (χ3v) is 4.29. The van der Waals surface area contributed by atoms with Crippen LogP contribution in [0.1, 0.15) is 11.3 Å². The fourth-order valence-corrected chi connectivity index (χ4v) is 2.75. The Hall–Kier alpha value is -2.12. The Bertz CT molecular complexity index is 856. The van der Waals surface area contributed by atoms with Gasteiger partial charge in [-0.15, -0.1) is 0 Å². The smallest absolute Gasteiger partial charge is 0.247 e. The van der Waals surface area contributed by atoms with E-state index in [0.29, 0.717) is 17.4 Å². The van der Waals surface area contributed by atoms with E-state index in [0.717, 1.165) is 15.7 Å². The molecule has 124 valence electrons. The minimum Gasteiger partial charge on any atom is -0.307 e. The summed E-state index contributed by atoms with van der Waals surface area (Å²) in [7, 11) is 0. The van der Waals surface area contributed by atoms with Crippen LogP contribution in [0.3, 0.4) is 0 Å². The highest BCUT2D eigenvalue weighted by Gasteiger charge is 2.12. The van der Waals surface area contributed by atoms with Crippen LogP contribution >= 0.6 is 27.5 Å². The number of carbonyl (C=O) groups excluding carboxylic acids is 1. The van der Waals surface area contributed by atoms with E-state index in [9.17, 15) is 4.79 Å². The lowest BCUT2D eigenvalue weighted by Gasteiger charge is -2.05. The fourth-order valence-electron chi connectivity index (χ4n) is 2.21. The molecular formula is C16H15BrClN5O. The second-order valence-corrected chi connectivity index (χ2v) is 6.62. The zero-order chi connectivity index (χ0) is 17.1. The number of benzene rings is 1. The second kappa shape index (κ2) is 7.19. The Morgan fingerprint density at radius 1 is 1.29 bits per heavy atom. The van der Waals surface area contributed by atoms with E-state index < -0.39 is 0 Å². The quantitative estimate of drug-likeness (QED) is 0.703. The summed E-state index contributed by atoms with van der Waals surface area (Å²) in [4.78, 5) is 12.1. The molecule has 2 heterocycles. The van der Waals surface area contributed by atoms with Gasteiger partial charge in [0.2, 0.25) is 5.91 Å². The van der Waals surface area contributed by atoms with E-state index in [-0.39, 0.29) is 12.5 Å². The van der Waals surface area contributed by atoms with Gasteiger partial charge in [-0.25, -0.2) is 0 Å². The van der Waals surface area contributed by atoms with Gasteiger partial charge < -0.3 is 5.32 Å². The summed E-state index contributed by atoms with van der Waals surface area (Å²) in [5, 5.41) is 12.0. The summed E-state index contributed by atoms with van der Waals surface area (Å²) in [5.41, 5.74) is 2.00. The largest absolute Gasteiger partial charge is 0.307 e. The van der Waals surface area contributed by atoms with E-state index in [1.807, 2.05) is 43.5 Å². The maximum absolute atomic E-state index is 12.1.